The van der Waals surface area contributed by atoms with Gasteiger partial charge in [-0.25, -0.2) is 0 Å². The third-order valence-corrected chi connectivity index (χ3v) is 7.12. The number of hydrogen-bond donors (Lipinski definition) is 4. The molecule has 0 aromatic carbocycles. The summed E-state index contributed by atoms with van der Waals surface area (Å²) in [4.78, 5) is 12.3. The summed E-state index contributed by atoms with van der Waals surface area (Å²) in [5, 5.41) is 32.7. The molecule has 0 bridgehead atoms. The lowest BCUT2D eigenvalue weighted by Gasteiger charge is -2.21. The van der Waals surface area contributed by atoms with E-state index in [0.717, 1.165) is 51.4 Å². The van der Waals surface area contributed by atoms with Crippen molar-refractivity contribution in [1.82, 2.24) is 5.32 Å². The summed E-state index contributed by atoms with van der Waals surface area (Å²) in [6, 6.07) is -0.826. The highest BCUT2D eigenvalue weighted by atomic mass is 16.3. The monoisotopic (exact) mass is 561 g/mol. The number of hydrogen-bond acceptors (Lipinski definition) is 4. The summed E-state index contributed by atoms with van der Waals surface area (Å²) in [6.45, 7) is 4.08. The second-order valence-corrected chi connectivity index (χ2v) is 11.0. The van der Waals surface area contributed by atoms with Crippen LogP contribution in [0.25, 0.3) is 0 Å². The molecule has 232 valence electrons. The minimum Gasteiger partial charge on any atom is -0.394 e. The van der Waals surface area contributed by atoms with Crippen LogP contribution in [0.5, 0.6) is 0 Å². The first kappa shape index (κ1) is 38.3. The van der Waals surface area contributed by atoms with Crippen LogP contribution < -0.4 is 5.32 Å². The molecule has 0 rings (SSSR count). The Morgan fingerprint density at radius 3 is 1.55 bits per heavy atom. The number of nitrogens with one attached hydrogen (secondary N) is 1. The largest absolute Gasteiger partial charge is 0.394 e. The molecule has 0 aromatic rings. The molecule has 5 nitrogen and oxygen atoms in total. The maximum absolute atomic E-state index is 12.3. The lowest BCUT2D eigenvalue weighted by Crippen LogP contribution is -2.48. The molecule has 3 unspecified atom stereocenters. The molecule has 4 N–H and O–H groups in total. The van der Waals surface area contributed by atoms with Crippen LogP contribution in [-0.2, 0) is 4.79 Å². The van der Waals surface area contributed by atoms with E-state index in [1.54, 1.807) is 6.08 Å². The Kier molecular flexibility index (Phi) is 29.0. The molecule has 3 atom stereocenters. The van der Waals surface area contributed by atoms with E-state index in [0.29, 0.717) is 6.42 Å². The molecule has 0 aliphatic heterocycles. The first-order valence-electron chi connectivity index (χ1n) is 16.5. The molecule has 40 heavy (non-hydrogen) atoms. The molecular weight excluding hydrogens is 498 g/mol. The van der Waals surface area contributed by atoms with Gasteiger partial charge in [0.2, 0.25) is 5.91 Å². The van der Waals surface area contributed by atoms with Crippen LogP contribution in [0.2, 0.25) is 0 Å². The van der Waals surface area contributed by atoms with Gasteiger partial charge in [-0.15, -0.1) is 0 Å². The smallest absolute Gasteiger partial charge is 0.249 e. The number of rotatable bonds is 28. The van der Waals surface area contributed by atoms with Crippen molar-refractivity contribution in [3.8, 4) is 0 Å². The molecule has 0 heterocycles. The van der Waals surface area contributed by atoms with Crippen molar-refractivity contribution in [2.24, 2.45) is 0 Å². The van der Waals surface area contributed by atoms with Crippen molar-refractivity contribution >= 4 is 5.91 Å². The maximum atomic E-state index is 12.3. The van der Waals surface area contributed by atoms with Gasteiger partial charge in [-0.05, 0) is 70.6 Å². The fourth-order valence-electron chi connectivity index (χ4n) is 4.44. The third kappa shape index (κ3) is 25.3. The van der Waals surface area contributed by atoms with Crippen LogP contribution in [-0.4, -0.2) is 46.1 Å². The van der Waals surface area contributed by atoms with E-state index in [4.69, 9.17) is 0 Å². The first-order chi connectivity index (χ1) is 19.6. The van der Waals surface area contributed by atoms with Crippen molar-refractivity contribution in [3.63, 3.8) is 0 Å². The molecular formula is C35H63NO4. The standard InChI is InChI=1S/C35H63NO4/c1-3-5-7-9-11-13-15-17-18-20-21-23-25-27-29-33(38)32(31-37)36-35(40)34(39)30-28-26-24-22-19-16-14-12-10-8-6-4-2/h13,15,19-22,27,29,32-34,37-39H,3-12,14,16-18,23-26,28,30-31H2,1-2H3,(H,36,40)/b15-13+,21-20+,22-19-,29-27+. The summed E-state index contributed by atoms with van der Waals surface area (Å²) in [6.07, 6.45) is 36.9. The molecule has 0 aliphatic rings. The quantitative estimate of drug-likeness (QED) is 0.0572. The van der Waals surface area contributed by atoms with Crippen molar-refractivity contribution in [3.05, 3.63) is 48.6 Å². The average molecular weight is 562 g/mol. The van der Waals surface area contributed by atoms with Gasteiger partial charge in [0.05, 0.1) is 18.8 Å². The van der Waals surface area contributed by atoms with Gasteiger partial charge in [-0.3, -0.25) is 4.79 Å². The highest BCUT2D eigenvalue weighted by molar-refractivity contribution is 5.80. The normalized spacial score (nSPS) is 14.6. The molecule has 0 aromatic heterocycles. The van der Waals surface area contributed by atoms with E-state index in [9.17, 15) is 20.1 Å². The lowest BCUT2D eigenvalue weighted by atomic mass is 10.1. The third-order valence-electron chi connectivity index (χ3n) is 7.12. The van der Waals surface area contributed by atoms with Crippen molar-refractivity contribution in [2.75, 3.05) is 6.61 Å². The number of aliphatic hydroxyl groups excluding tert-OH is 3. The Morgan fingerprint density at radius 2 is 1.02 bits per heavy atom. The number of amides is 1. The fourth-order valence-corrected chi connectivity index (χ4v) is 4.44. The number of carbonyl (C=O) groups excluding carboxylic acids is 1. The highest BCUT2D eigenvalue weighted by Crippen LogP contribution is 2.10. The van der Waals surface area contributed by atoms with Crippen molar-refractivity contribution in [1.29, 1.82) is 0 Å². The molecule has 0 fully saturated rings. The van der Waals surface area contributed by atoms with Crippen LogP contribution in [0, 0.1) is 0 Å². The van der Waals surface area contributed by atoms with E-state index >= 15 is 0 Å². The molecule has 5 heteroatoms. The van der Waals surface area contributed by atoms with Gasteiger partial charge < -0.3 is 20.6 Å². The zero-order chi connectivity index (χ0) is 29.5. The minimum absolute atomic E-state index is 0.377. The van der Waals surface area contributed by atoms with Gasteiger partial charge in [0.1, 0.15) is 6.10 Å². The number of aliphatic hydroxyl groups is 3. The molecule has 0 radical (unpaired) electrons. The van der Waals surface area contributed by atoms with Crippen LogP contribution in [0.4, 0.5) is 0 Å². The zero-order valence-electron chi connectivity index (χ0n) is 25.9. The summed E-state index contributed by atoms with van der Waals surface area (Å²) in [7, 11) is 0. The van der Waals surface area contributed by atoms with E-state index in [-0.39, 0.29) is 6.61 Å². The van der Waals surface area contributed by atoms with E-state index in [2.05, 4.69) is 55.6 Å². The van der Waals surface area contributed by atoms with Crippen LogP contribution in [0.15, 0.2) is 48.6 Å². The second-order valence-electron chi connectivity index (χ2n) is 11.0. The van der Waals surface area contributed by atoms with Crippen LogP contribution in [0.1, 0.15) is 142 Å². The Bertz CT molecular complexity index is 670. The Morgan fingerprint density at radius 1 is 0.600 bits per heavy atom. The molecule has 0 saturated carbocycles. The average Bonchev–Trinajstić information content (AvgIpc) is 2.96. The van der Waals surface area contributed by atoms with Crippen molar-refractivity contribution in [2.45, 2.75) is 161 Å². The van der Waals surface area contributed by atoms with Crippen LogP contribution >= 0.6 is 0 Å². The predicted molar refractivity (Wildman–Crippen MR) is 171 cm³/mol. The summed E-state index contributed by atoms with van der Waals surface area (Å²) < 4.78 is 0. The molecule has 0 spiro atoms. The van der Waals surface area contributed by atoms with E-state index < -0.39 is 24.2 Å². The Labute approximate surface area is 246 Å². The summed E-state index contributed by atoms with van der Waals surface area (Å²) in [5.74, 6) is -0.539. The van der Waals surface area contributed by atoms with Gasteiger partial charge >= 0.3 is 0 Å². The Balaban J connectivity index is 3.94. The van der Waals surface area contributed by atoms with Gasteiger partial charge in [0.25, 0.3) is 0 Å². The molecule has 0 aliphatic carbocycles. The van der Waals surface area contributed by atoms with Gasteiger partial charge in [-0.2, -0.15) is 0 Å². The van der Waals surface area contributed by atoms with Crippen molar-refractivity contribution < 1.29 is 20.1 Å². The fraction of sp³-hybridized carbons (Fsp3) is 0.743. The van der Waals surface area contributed by atoms with Gasteiger partial charge in [0, 0.05) is 0 Å². The highest BCUT2D eigenvalue weighted by Gasteiger charge is 2.22. The second kappa shape index (κ2) is 30.3. The van der Waals surface area contributed by atoms with Gasteiger partial charge in [-0.1, -0.05) is 120 Å². The zero-order valence-corrected chi connectivity index (χ0v) is 25.9. The molecule has 1 amide bonds. The van der Waals surface area contributed by atoms with E-state index in [1.165, 1.54) is 70.6 Å². The summed E-state index contributed by atoms with van der Waals surface area (Å²) >= 11 is 0. The number of allylic oxidation sites excluding steroid dienone is 7. The molecule has 0 saturated heterocycles. The maximum Gasteiger partial charge on any atom is 0.249 e. The lowest BCUT2D eigenvalue weighted by molar-refractivity contribution is -0.131. The predicted octanol–water partition coefficient (Wildman–Crippen LogP) is 8.25. The SMILES string of the molecule is CCCCCC/C=C/CC/C=C/CC/C=C/C(O)C(CO)NC(=O)C(O)CCCC/C=C\CCCCCCCC. The Hall–Kier alpha value is -1.69. The number of unbranched alkanes of at least 4 members (excludes halogenated alkanes) is 14. The van der Waals surface area contributed by atoms with E-state index in [1.807, 2.05) is 6.08 Å². The first-order valence-corrected chi connectivity index (χ1v) is 16.5. The number of carbonyl (C=O) groups is 1. The topological polar surface area (TPSA) is 89.8 Å². The minimum atomic E-state index is -1.13. The van der Waals surface area contributed by atoms with Crippen LogP contribution in [0.3, 0.4) is 0 Å². The summed E-state index contributed by atoms with van der Waals surface area (Å²) in [5.41, 5.74) is 0. The van der Waals surface area contributed by atoms with Gasteiger partial charge in [0.15, 0.2) is 0 Å².